The van der Waals surface area contributed by atoms with Gasteiger partial charge in [-0.2, -0.15) is 0 Å². The number of ether oxygens (including phenoxy) is 1. The smallest absolute Gasteiger partial charge is 0.148 e. The lowest BCUT2D eigenvalue weighted by molar-refractivity contribution is 0.0439. The van der Waals surface area contributed by atoms with Crippen molar-refractivity contribution in [3.05, 3.63) is 10.8 Å². The molecular weight excluding hydrogens is 308 g/mol. The number of piperidine rings is 1. The molecule has 106 valence electrons. The van der Waals surface area contributed by atoms with Gasteiger partial charge in [-0.1, -0.05) is 6.92 Å². The van der Waals surface area contributed by atoms with Gasteiger partial charge in [0.25, 0.3) is 0 Å². The lowest BCUT2D eigenvalue weighted by Crippen LogP contribution is -2.40. The summed E-state index contributed by atoms with van der Waals surface area (Å²) < 4.78 is 6.79. The van der Waals surface area contributed by atoms with Crippen LogP contribution in [0.1, 0.15) is 26.2 Å². The van der Waals surface area contributed by atoms with Gasteiger partial charge in [0.2, 0.25) is 0 Å². The van der Waals surface area contributed by atoms with Crippen molar-refractivity contribution < 1.29 is 4.74 Å². The summed E-state index contributed by atoms with van der Waals surface area (Å²) in [5.41, 5.74) is 0. The molecule has 0 bridgehead atoms. The van der Waals surface area contributed by atoms with Gasteiger partial charge in [0.1, 0.15) is 22.4 Å². The summed E-state index contributed by atoms with van der Waals surface area (Å²) in [6, 6.07) is 0. The standard InChI is InChI=1S/C13H21BrN4O/c1-3-7-19-10-5-4-6-18(8-10)13-11(14)12(15-2)16-9-17-13/h9-10H,3-8H2,1-2H3,(H,15,16,17). The van der Waals surface area contributed by atoms with Crippen LogP contribution in [0.3, 0.4) is 0 Å². The molecule has 0 spiro atoms. The van der Waals surface area contributed by atoms with Gasteiger partial charge >= 0.3 is 0 Å². The molecule has 0 aromatic carbocycles. The zero-order chi connectivity index (χ0) is 13.7. The molecule has 6 heteroatoms. The molecule has 1 atom stereocenters. The van der Waals surface area contributed by atoms with Crippen molar-refractivity contribution in [1.82, 2.24) is 9.97 Å². The molecule has 2 rings (SSSR count). The fourth-order valence-corrected chi connectivity index (χ4v) is 2.96. The fraction of sp³-hybridized carbons (Fsp3) is 0.692. The van der Waals surface area contributed by atoms with E-state index in [9.17, 15) is 0 Å². The Kier molecular flexibility index (Phi) is 5.39. The first-order valence-corrected chi connectivity index (χ1v) is 7.60. The van der Waals surface area contributed by atoms with E-state index < -0.39 is 0 Å². The van der Waals surface area contributed by atoms with Crippen LogP contribution < -0.4 is 10.2 Å². The summed E-state index contributed by atoms with van der Waals surface area (Å²) in [5.74, 6) is 1.77. The zero-order valence-electron chi connectivity index (χ0n) is 11.5. The Balaban J connectivity index is 2.08. The van der Waals surface area contributed by atoms with Crippen molar-refractivity contribution in [3.63, 3.8) is 0 Å². The Bertz CT molecular complexity index is 416. The van der Waals surface area contributed by atoms with E-state index in [2.05, 4.69) is 43.0 Å². The van der Waals surface area contributed by atoms with Crippen molar-refractivity contribution in [2.24, 2.45) is 0 Å². The van der Waals surface area contributed by atoms with Gasteiger partial charge in [-0.05, 0) is 35.2 Å². The SMILES string of the molecule is CCCOC1CCCN(c2ncnc(NC)c2Br)C1. The number of rotatable bonds is 5. The molecule has 1 N–H and O–H groups in total. The third-order valence-electron chi connectivity index (χ3n) is 3.24. The van der Waals surface area contributed by atoms with E-state index in [1.807, 2.05) is 7.05 Å². The predicted octanol–water partition coefficient (Wildman–Crippen LogP) is 2.68. The minimum Gasteiger partial charge on any atom is -0.376 e. The van der Waals surface area contributed by atoms with Crippen LogP contribution in [0.15, 0.2) is 10.8 Å². The van der Waals surface area contributed by atoms with Crippen LogP contribution in [0, 0.1) is 0 Å². The highest BCUT2D eigenvalue weighted by atomic mass is 79.9. The molecule has 1 saturated heterocycles. The van der Waals surface area contributed by atoms with Crippen molar-refractivity contribution in [2.45, 2.75) is 32.3 Å². The molecule has 0 radical (unpaired) electrons. The Hall–Kier alpha value is -0.880. The van der Waals surface area contributed by atoms with E-state index in [0.717, 1.165) is 55.1 Å². The molecule has 1 aliphatic heterocycles. The topological polar surface area (TPSA) is 50.3 Å². The first kappa shape index (κ1) is 14.5. The average Bonchev–Trinajstić information content (AvgIpc) is 2.45. The Morgan fingerprint density at radius 1 is 1.53 bits per heavy atom. The Morgan fingerprint density at radius 3 is 3.11 bits per heavy atom. The quantitative estimate of drug-likeness (QED) is 0.900. The van der Waals surface area contributed by atoms with Gasteiger partial charge < -0.3 is 15.0 Å². The highest BCUT2D eigenvalue weighted by Crippen LogP contribution is 2.31. The first-order chi connectivity index (χ1) is 9.26. The van der Waals surface area contributed by atoms with Crippen LogP contribution in [-0.4, -0.2) is 42.8 Å². The van der Waals surface area contributed by atoms with Gasteiger partial charge in [-0.25, -0.2) is 9.97 Å². The second kappa shape index (κ2) is 7.05. The predicted molar refractivity (Wildman–Crippen MR) is 80.8 cm³/mol. The third-order valence-corrected chi connectivity index (χ3v) is 3.97. The lowest BCUT2D eigenvalue weighted by atomic mass is 10.1. The van der Waals surface area contributed by atoms with Gasteiger partial charge in [0.05, 0.1) is 6.10 Å². The molecule has 0 aliphatic carbocycles. The normalized spacial score (nSPS) is 19.5. The number of hydrogen-bond acceptors (Lipinski definition) is 5. The summed E-state index contributed by atoms with van der Waals surface area (Å²) in [4.78, 5) is 10.9. The number of aromatic nitrogens is 2. The minimum atomic E-state index is 0.314. The maximum atomic E-state index is 5.86. The van der Waals surface area contributed by atoms with Crippen molar-refractivity contribution in [1.29, 1.82) is 0 Å². The monoisotopic (exact) mass is 328 g/mol. The minimum absolute atomic E-state index is 0.314. The van der Waals surface area contributed by atoms with Crippen LogP contribution >= 0.6 is 15.9 Å². The zero-order valence-corrected chi connectivity index (χ0v) is 13.1. The summed E-state index contributed by atoms with van der Waals surface area (Å²) >= 11 is 3.58. The molecule has 0 saturated carbocycles. The van der Waals surface area contributed by atoms with Gasteiger partial charge in [0, 0.05) is 26.7 Å². The summed E-state index contributed by atoms with van der Waals surface area (Å²) in [6.07, 6.45) is 5.26. The molecule has 1 unspecified atom stereocenters. The summed E-state index contributed by atoms with van der Waals surface area (Å²) in [5, 5.41) is 3.06. The second-order valence-electron chi connectivity index (χ2n) is 4.69. The fourth-order valence-electron chi connectivity index (χ4n) is 2.31. The van der Waals surface area contributed by atoms with E-state index in [-0.39, 0.29) is 0 Å². The number of anilines is 2. The van der Waals surface area contributed by atoms with Crippen LogP contribution in [0.4, 0.5) is 11.6 Å². The lowest BCUT2D eigenvalue weighted by Gasteiger charge is -2.34. The van der Waals surface area contributed by atoms with Gasteiger partial charge in [-0.15, -0.1) is 0 Å². The van der Waals surface area contributed by atoms with Gasteiger partial charge in [-0.3, -0.25) is 0 Å². The largest absolute Gasteiger partial charge is 0.376 e. The molecular formula is C13H21BrN4O. The maximum Gasteiger partial charge on any atom is 0.148 e. The van der Waals surface area contributed by atoms with Crippen LogP contribution in [0.2, 0.25) is 0 Å². The molecule has 5 nitrogen and oxygen atoms in total. The highest BCUT2D eigenvalue weighted by Gasteiger charge is 2.23. The van der Waals surface area contributed by atoms with Gasteiger partial charge in [0.15, 0.2) is 0 Å². The molecule has 0 amide bonds. The van der Waals surface area contributed by atoms with Crippen molar-refractivity contribution in [2.75, 3.05) is 37.0 Å². The number of nitrogens with zero attached hydrogens (tertiary/aromatic N) is 3. The molecule has 1 aliphatic rings. The van der Waals surface area contributed by atoms with Crippen LogP contribution in [0.5, 0.6) is 0 Å². The van der Waals surface area contributed by atoms with E-state index in [1.165, 1.54) is 0 Å². The first-order valence-electron chi connectivity index (χ1n) is 6.81. The maximum absolute atomic E-state index is 5.86. The molecule has 2 heterocycles. The summed E-state index contributed by atoms with van der Waals surface area (Å²) in [6.45, 7) is 4.90. The second-order valence-corrected chi connectivity index (χ2v) is 5.48. The van der Waals surface area contributed by atoms with Crippen LogP contribution in [-0.2, 0) is 4.74 Å². The molecule has 19 heavy (non-hydrogen) atoms. The number of nitrogens with one attached hydrogen (secondary N) is 1. The summed E-state index contributed by atoms with van der Waals surface area (Å²) in [7, 11) is 1.86. The van der Waals surface area contributed by atoms with Crippen molar-refractivity contribution >= 4 is 27.6 Å². The molecule has 1 fully saturated rings. The van der Waals surface area contributed by atoms with Crippen LogP contribution in [0.25, 0.3) is 0 Å². The Morgan fingerprint density at radius 2 is 2.37 bits per heavy atom. The third kappa shape index (κ3) is 3.57. The molecule has 1 aromatic heterocycles. The molecule has 1 aromatic rings. The van der Waals surface area contributed by atoms with E-state index in [0.29, 0.717) is 6.10 Å². The van der Waals surface area contributed by atoms with E-state index in [1.54, 1.807) is 6.33 Å². The van der Waals surface area contributed by atoms with E-state index in [4.69, 9.17) is 4.74 Å². The van der Waals surface area contributed by atoms with E-state index >= 15 is 0 Å². The number of hydrogen-bond donors (Lipinski definition) is 1. The number of halogens is 1. The van der Waals surface area contributed by atoms with Crippen molar-refractivity contribution in [3.8, 4) is 0 Å². The average molecular weight is 329 g/mol. The Labute approximate surface area is 122 Å². The highest BCUT2D eigenvalue weighted by molar-refractivity contribution is 9.10.